The van der Waals surface area contributed by atoms with Crippen molar-refractivity contribution in [1.29, 1.82) is 0 Å². The Morgan fingerprint density at radius 2 is 1.49 bits per heavy atom. The lowest BCUT2D eigenvalue weighted by atomic mass is 9.97. The smallest absolute Gasteiger partial charge is 0.274 e. The molecule has 0 radical (unpaired) electrons. The summed E-state index contributed by atoms with van der Waals surface area (Å²) in [5, 5.41) is 4.75. The Morgan fingerprint density at radius 1 is 0.795 bits per heavy atom. The first-order valence-corrected chi connectivity index (χ1v) is 12.9. The average molecular weight is 515 g/mol. The number of nitrogens with zero attached hydrogens (tertiary/aromatic N) is 2. The standard InChI is InChI=1S/C34H30N2O3/c1-25-33(30-18-9-10-19-32(30)39-24-27-14-7-4-8-15-27)31(21-20-26-12-5-3-6-13-26)34(37)36(35-25)23-28-16-11-17-29(22-28)38-2/h3-22H,23-24H2,1-2H3. The summed E-state index contributed by atoms with van der Waals surface area (Å²) in [6.45, 7) is 2.69. The molecule has 0 aliphatic rings. The lowest BCUT2D eigenvalue weighted by Gasteiger charge is -2.17. The van der Waals surface area contributed by atoms with E-state index in [1.165, 1.54) is 4.68 Å². The van der Waals surface area contributed by atoms with E-state index in [-0.39, 0.29) is 5.56 Å². The third-order valence-corrected chi connectivity index (χ3v) is 6.47. The fourth-order valence-electron chi connectivity index (χ4n) is 4.54. The van der Waals surface area contributed by atoms with Crippen LogP contribution in [0, 0.1) is 6.92 Å². The van der Waals surface area contributed by atoms with E-state index in [2.05, 4.69) is 0 Å². The van der Waals surface area contributed by atoms with E-state index < -0.39 is 0 Å². The van der Waals surface area contributed by atoms with Gasteiger partial charge in [-0.25, -0.2) is 4.68 Å². The van der Waals surface area contributed by atoms with Crippen LogP contribution in [-0.2, 0) is 13.2 Å². The Kier molecular flexibility index (Phi) is 7.98. The zero-order valence-electron chi connectivity index (χ0n) is 22.1. The second-order valence-corrected chi connectivity index (χ2v) is 9.20. The molecule has 0 amide bonds. The minimum absolute atomic E-state index is 0.177. The van der Waals surface area contributed by atoms with Crippen LogP contribution < -0.4 is 15.0 Å². The van der Waals surface area contributed by atoms with Crippen molar-refractivity contribution >= 4 is 12.2 Å². The lowest BCUT2D eigenvalue weighted by Crippen LogP contribution is -2.27. The molecule has 0 saturated carbocycles. The second-order valence-electron chi connectivity index (χ2n) is 9.20. The Labute approximate surface area is 228 Å². The quantitative estimate of drug-likeness (QED) is 0.212. The number of para-hydroxylation sites is 1. The first-order chi connectivity index (χ1) is 19.1. The van der Waals surface area contributed by atoms with Crippen molar-refractivity contribution in [3.63, 3.8) is 0 Å². The van der Waals surface area contributed by atoms with Gasteiger partial charge in [0, 0.05) is 11.1 Å². The molecule has 0 unspecified atom stereocenters. The topological polar surface area (TPSA) is 53.4 Å². The van der Waals surface area contributed by atoms with E-state index in [9.17, 15) is 4.79 Å². The number of hydrogen-bond donors (Lipinski definition) is 0. The van der Waals surface area contributed by atoms with Gasteiger partial charge in [-0.2, -0.15) is 5.10 Å². The normalized spacial score (nSPS) is 11.0. The summed E-state index contributed by atoms with van der Waals surface area (Å²) in [6, 6.07) is 35.5. The zero-order valence-corrected chi connectivity index (χ0v) is 22.1. The number of ether oxygens (including phenoxy) is 2. The van der Waals surface area contributed by atoms with E-state index in [1.807, 2.05) is 128 Å². The van der Waals surface area contributed by atoms with Gasteiger partial charge in [0.05, 0.1) is 24.9 Å². The maximum absolute atomic E-state index is 14.0. The van der Waals surface area contributed by atoms with Crippen molar-refractivity contribution in [3.05, 3.63) is 147 Å². The van der Waals surface area contributed by atoms with Crippen LogP contribution in [0.25, 0.3) is 23.3 Å². The van der Waals surface area contributed by atoms with Gasteiger partial charge in [0.2, 0.25) is 0 Å². The van der Waals surface area contributed by atoms with E-state index in [4.69, 9.17) is 14.6 Å². The van der Waals surface area contributed by atoms with Crippen LogP contribution in [0.3, 0.4) is 0 Å². The molecule has 0 atom stereocenters. The number of rotatable bonds is 9. The SMILES string of the molecule is COc1cccc(Cn2nc(C)c(-c3ccccc3OCc3ccccc3)c(C=Cc3ccccc3)c2=O)c1. The minimum Gasteiger partial charge on any atom is -0.497 e. The van der Waals surface area contributed by atoms with Crippen LogP contribution in [0.4, 0.5) is 0 Å². The first-order valence-electron chi connectivity index (χ1n) is 12.9. The molecular weight excluding hydrogens is 484 g/mol. The van der Waals surface area contributed by atoms with Crippen LogP contribution in [0.2, 0.25) is 0 Å². The summed E-state index contributed by atoms with van der Waals surface area (Å²) in [7, 11) is 1.63. The molecule has 0 aliphatic heterocycles. The highest BCUT2D eigenvalue weighted by molar-refractivity contribution is 5.84. The molecule has 0 saturated heterocycles. The summed E-state index contributed by atoms with van der Waals surface area (Å²) in [5.41, 5.74) is 5.72. The van der Waals surface area contributed by atoms with Gasteiger partial charge in [-0.1, -0.05) is 97.1 Å². The molecular formula is C34H30N2O3. The van der Waals surface area contributed by atoms with Crippen molar-refractivity contribution in [2.45, 2.75) is 20.1 Å². The Balaban J connectivity index is 1.60. The van der Waals surface area contributed by atoms with E-state index in [0.717, 1.165) is 39.3 Å². The number of hydrogen-bond acceptors (Lipinski definition) is 4. The van der Waals surface area contributed by atoms with Crippen molar-refractivity contribution < 1.29 is 9.47 Å². The molecule has 194 valence electrons. The van der Waals surface area contributed by atoms with Gasteiger partial charge in [0.15, 0.2) is 0 Å². The first kappa shape index (κ1) is 25.7. The molecule has 0 fully saturated rings. The van der Waals surface area contributed by atoms with Crippen molar-refractivity contribution in [3.8, 4) is 22.6 Å². The number of aryl methyl sites for hydroxylation is 1. The summed E-state index contributed by atoms with van der Waals surface area (Å²) < 4.78 is 13.2. The van der Waals surface area contributed by atoms with Crippen LogP contribution in [0.15, 0.2) is 114 Å². The van der Waals surface area contributed by atoms with Crippen LogP contribution in [0.1, 0.15) is 27.9 Å². The Hall–Kier alpha value is -4.90. The van der Waals surface area contributed by atoms with Gasteiger partial charge in [-0.15, -0.1) is 0 Å². The zero-order chi connectivity index (χ0) is 27.0. The molecule has 5 nitrogen and oxygen atoms in total. The van der Waals surface area contributed by atoms with E-state index >= 15 is 0 Å². The maximum atomic E-state index is 14.0. The van der Waals surface area contributed by atoms with Gasteiger partial charge < -0.3 is 9.47 Å². The maximum Gasteiger partial charge on any atom is 0.274 e. The predicted molar refractivity (Wildman–Crippen MR) is 157 cm³/mol. The number of aromatic nitrogens is 2. The number of methoxy groups -OCH3 is 1. The van der Waals surface area contributed by atoms with Crippen LogP contribution in [0.5, 0.6) is 11.5 Å². The molecule has 1 heterocycles. The van der Waals surface area contributed by atoms with Gasteiger partial charge in [0.25, 0.3) is 5.56 Å². The molecule has 0 spiro atoms. The molecule has 0 aliphatic carbocycles. The van der Waals surface area contributed by atoms with Gasteiger partial charge >= 0.3 is 0 Å². The summed E-state index contributed by atoms with van der Waals surface area (Å²) in [6.07, 6.45) is 3.85. The predicted octanol–water partition coefficient (Wildman–Crippen LogP) is 7.03. The fourth-order valence-corrected chi connectivity index (χ4v) is 4.54. The highest BCUT2D eigenvalue weighted by Gasteiger charge is 2.19. The highest BCUT2D eigenvalue weighted by Crippen LogP contribution is 2.34. The highest BCUT2D eigenvalue weighted by atomic mass is 16.5. The summed E-state index contributed by atoms with van der Waals surface area (Å²) in [5.74, 6) is 1.44. The third-order valence-electron chi connectivity index (χ3n) is 6.47. The molecule has 1 aromatic heterocycles. The largest absolute Gasteiger partial charge is 0.497 e. The monoisotopic (exact) mass is 514 g/mol. The van der Waals surface area contributed by atoms with Gasteiger partial charge in [-0.3, -0.25) is 4.79 Å². The van der Waals surface area contributed by atoms with Crippen molar-refractivity contribution in [1.82, 2.24) is 9.78 Å². The number of benzene rings is 4. The summed E-state index contributed by atoms with van der Waals surface area (Å²) in [4.78, 5) is 14.0. The van der Waals surface area contributed by atoms with E-state index in [0.29, 0.717) is 24.5 Å². The molecule has 5 rings (SSSR count). The molecule has 4 aromatic carbocycles. The van der Waals surface area contributed by atoms with Crippen LogP contribution >= 0.6 is 0 Å². The molecule has 5 heteroatoms. The minimum atomic E-state index is -0.177. The Morgan fingerprint density at radius 3 is 2.26 bits per heavy atom. The molecule has 5 aromatic rings. The van der Waals surface area contributed by atoms with E-state index in [1.54, 1.807) is 7.11 Å². The molecule has 0 bridgehead atoms. The lowest BCUT2D eigenvalue weighted by molar-refractivity contribution is 0.307. The van der Waals surface area contributed by atoms with Gasteiger partial charge in [0.1, 0.15) is 18.1 Å². The molecule has 39 heavy (non-hydrogen) atoms. The fraction of sp³-hybridized carbons (Fsp3) is 0.118. The average Bonchev–Trinajstić information content (AvgIpc) is 2.98. The van der Waals surface area contributed by atoms with Crippen LogP contribution in [-0.4, -0.2) is 16.9 Å². The Bertz CT molecular complexity index is 1640. The van der Waals surface area contributed by atoms with Crippen molar-refractivity contribution in [2.75, 3.05) is 7.11 Å². The van der Waals surface area contributed by atoms with Crippen molar-refractivity contribution in [2.24, 2.45) is 0 Å². The summed E-state index contributed by atoms with van der Waals surface area (Å²) >= 11 is 0. The molecule has 0 N–H and O–H groups in total. The third kappa shape index (κ3) is 6.16. The second kappa shape index (κ2) is 12.1. The van der Waals surface area contributed by atoms with Gasteiger partial charge in [-0.05, 0) is 47.9 Å².